The number of aryl methyl sites for hydroxylation is 1. The number of oxazole rings is 1. The summed E-state index contributed by atoms with van der Waals surface area (Å²) in [5.41, 5.74) is 3.84. The SMILES string of the molecule is CCn1c2ccccc2c2nnc(SCc3ncc(-c4ccccc4)o3)nc21. The van der Waals surface area contributed by atoms with E-state index in [-0.39, 0.29) is 0 Å². The highest BCUT2D eigenvalue weighted by Gasteiger charge is 2.14. The number of nitrogens with zero attached hydrogens (tertiary/aromatic N) is 5. The van der Waals surface area contributed by atoms with Crippen LogP contribution >= 0.6 is 11.8 Å². The molecule has 6 nitrogen and oxygen atoms in total. The minimum atomic E-state index is 0.548. The summed E-state index contributed by atoms with van der Waals surface area (Å²) in [5, 5.41) is 10.4. The van der Waals surface area contributed by atoms with Crippen molar-refractivity contribution in [3.05, 3.63) is 66.7 Å². The lowest BCUT2D eigenvalue weighted by molar-refractivity contribution is 0.529. The van der Waals surface area contributed by atoms with E-state index >= 15 is 0 Å². The first-order valence-corrected chi connectivity index (χ1v) is 10.1. The van der Waals surface area contributed by atoms with Crippen LogP contribution in [0.4, 0.5) is 0 Å². The number of para-hydroxylation sites is 1. The van der Waals surface area contributed by atoms with Crippen LogP contribution in [0.5, 0.6) is 0 Å². The normalized spacial score (nSPS) is 11.5. The molecule has 5 aromatic rings. The van der Waals surface area contributed by atoms with Gasteiger partial charge in [0.25, 0.3) is 0 Å². The number of benzene rings is 2. The van der Waals surface area contributed by atoms with E-state index in [4.69, 9.17) is 9.40 Å². The van der Waals surface area contributed by atoms with Gasteiger partial charge in [-0.25, -0.2) is 9.97 Å². The number of rotatable bonds is 5. The van der Waals surface area contributed by atoms with Crippen molar-refractivity contribution in [2.24, 2.45) is 0 Å². The van der Waals surface area contributed by atoms with E-state index in [9.17, 15) is 0 Å². The fraction of sp³-hybridized carbons (Fsp3) is 0.143. The van der Waals surface area contributed by atoms with Crippen molar-refractivity contribution < 1.29 is 4.42 Å². The average Bonchev–Trinajstić information content (AvgIpc) is 3.35. The lowest BCUT2D eigenvalue weighted by Gasteiger charge is -2.02. The summed E-state index contributed by atoms with van der Waals surface area (Å²) in [7, 11) is 0. The molecule has 3 aromatic heterocycles. The summed E-state index contributed by atoms with van der Waals surface area (Å²) in [4.78, 5) is 9.12. The zero-order chi connectivity index (χ0) is 18.9. The highest BCUT2D eigenvalue weighted by molar-refractivity contribution is 7.98. The van der Waals surface area contributed by atoms with Crippen LogP contribution < -0.4 is 0 Å². The van der Waals surface area contributed by atoms with Crippen molar-refractivity contribution in [1.82, 2.24) is 24.7 Å². The Balaban J connectivity index is 1.42. The molecule has 2 aromatic carbocycles. The first-order chi connectivity index (χ1) is 13.8. The second-order valence-corrected chi connectivity index (χ2v) is 7.24. The second kappa shape index (κ2) is 7.09. The molecular weight excluding hydrogens is 370 g/mol. The molecule has 7 heteroatoms. The molecule has 0 N–H and O–H groups in total. The van der Waals surface area contributed by atoms with Gasteiger partial charge in [-0.1, -0.05) is 60.3 Å². The standard InChI is InChI=1S/C21H17N5OS/c1-2-26-16-11-7-6-10-15(16)19-20(26)23-21(25-24-19)28-13-18-22-12-17(27-18)14-8-4-3-5-9-14/h3-12H,2,13H2,1H3. The van der Waals surface area contributed by atoms with Crippen molar-refractivity contribution in [3.8, 4) is 11.3 Å². The molecule has 0 fully saturated rings. The molecule has 3 heterocycles. The highest BCUT2D eigenvalue weighted by Crippen LogP contribution is 2.28. The zero-order valence-electron chi connectivity index (χ0n) is 15.2. The first-order valence-electron chi connectivity index (χ1n) is 9.08. The number of hydrogen-bond acceptors (Lipinski definition) is 6. The van der Waals surface area contributed by atoms with Gasteiger partial charge >= 0.3 is 0 Å². The summed E-state index contributed by atoms with van der Waals surface area (Å²) in [6, 6.07) is 18.1. The van der Waals surface area contributed by atoms with Crippen LogP contribution in [0.3, 0.4) is 0 Å². The maximum atomic E-state index is 5.86. The average molecular weight is 387 g/mol. The Morgan fingerprint density at radius 1 is 1.00 bits per heavy atom. The third-order valence-corrected chi connectivity index (χ3v) is 5.43. The van der Waals surface area contributed by atoms with Crippen LogP contribution in [0, 0.1) is 0 Å². The Hall–Kier alpha value is -3.19. The predicted octanol–water partition coefficient (Wildman–Crippen LogP) is 4.95. The van der Waals surface area contributed by atoms with Crippen molar-refractivity contribution in [2.45, 2.75) is 24.4 Å². The summed E-state index contributed by atoms with van der Waals surface area (Å²) < 4.78 is 8.03. The van der Waals surface area contributed by atoms with E-state index in [1.165, 1.54) is 11.8 Å². The Bertz CT molecular complexity index is 1260. The van der Waals surface area contributed by atoms with Gasteiger partial charge in [-0.15, -0.1) is 10.2 Å². The summed E-state index contributed by atoms with van der Waals surface area (Å²) >= 11 is 1.47. The summed E-state index contributed by atoms with van der Waals surface area (Å²) in [6.45, 7) is 2.94. The van der Waals surface area contributed by atoms with Crippen LogP contribution in [0.15, 0.2) is 70.4 Å². The third kappa shape index (κ3) is 2.93. The van der Waals surface area contributed by atoms with Gasteiger partial charge in [-0.3, -0.25) is 0 Å². The molecule has 0 aliphatic heterocycles. The predicted molar refractivity (Wildman–Crippen MR) is 110 cm³/mol. The molecule has 28 heavy (non-hydrogen) atoms. The van der Waals surface area contributed by atoms with Gasteiger partial charge in [0.2, 0.25) is 11.0 Å². The van der Waals surface area contributed by atoms with Crippen molar-refractivity contribution in [3.63, 3.8) is 0 Å². The highest BCUT2D eigenvalue weighted by atomic mass is 32.2. The number of aromatic nitrogens is 5. The van der Waals surface area contributed by atoms with Crippen LogP contribution in [0.1, 0.15) is 12.8 Å². The van der Waals surface area contributed by atoms with Crippen LogP contribution in [0.2, 0.25) is 0 Å². The van der Waals surface area contributed by atoms with E-state index in [1.54, 1.807) is 6.20 Å². The smallest absolute Gasteiger partial charge is 0.211 e. The number of hydrogen-bond donors (Lipinski definition) is 0. The third-order valence-electron chi connectivity index (χ3n) is 4.61. The maximum absolute atomic E-state index is 5.86. The molecule has 0 amide bonds. The van der Waals surface area contributed by atoms with E-state index in [0.29, 0.717) is 16.8 Å². The minimum absolute atomic E-state index is 0.548. The van der Waals surface area contributed by atoms with Gasteiger partial charge in [0.15, 0.2) is 11.4 Å². The van der Waals surface area contributed by atoms with E-state index in [0.717, 1.165) is 39.9 Å². The van der Waals surface area contributed by atoms with Gasteiger partial charge < -0.3 is 8.98 Å². The van der Waals surface area contributed by atoms with E-state index in [1.807, 2.05) is 42.5 Å². The fourth-order valence-corrected chi connectivity index (χ4v) is 3.95. The maximum Gasteiger partial charge on any atom is 0.211 e. The molecule has 0 unspecified atom stereocenters. The van der Waals surface area contributed by atoms with Crippen LogP contribution in [0.25, 0.3) is 33.4 Å². The molecule has 0 aliphatic carbocycles. The van der Waals surface area contributed by atoms with Crippen LogP contribution in [-0.2, 0) is 12.3 Å². The molecular formula is C21H17N5OS. The van der Waals surface area contributed by atoms with Gasteiger partial charge in [0, 0.05) is 17.5 Å². The van der Waals surface area contributed by atoms with Gasteiger partial charge in [0.1, 0.15) is 5.52 Å². The Morgan fingerprint density at radius 2 is 1.82 bits per heavy atom. The van der Waals surface area contributed by atoms with Crippen molar-refractivity contribution in [1.29, 1.82) is 0 Å². The first kappa shape index (κ1) is 16.9. The second-order valence-electron chi connectivity index (χ2n) is 6.30. The monoisotopic (exact) mass is 387 g/mol. The Morgan fingerprint density at radius 3 is 2.68 bits per heavy atom. The van der Waals surface area contributed by atoms with Gasteiger partial charge in [-0.2, -0.15) is 0 Å². The quantitative estimate of drug-likeness (QED) is 0.398. The lowest BCUT2D eigenvalue weighted by Crippen LogP contribution is -1.98. The van der Waals surface area contributed by atoms with Crippen LogP contribution in [-0.4, -0.2) is 24.7 Å². The molecule has 0 aliphatic rings. The minimum Gasteiger partial charge on any atom is -0.440 e. The summed E-state index contributed by atoms with van der Waals surface area (Å²) in [6.07, 6.45) is 1.75. The molecule has 0 atom stereocenters. The van der Waals surface area contributed by atoms with E-state index in [2.05, 4.69) is 38.8 Å². The van der Waals surface area contributed by atoms with Gasteiger partial charge in [-0.05, 0) is 13.0 Å². The largest absolute Gasteiger partial charge is 0.440 e. The molecule has 0 spiro atoms. The topological polar surface area (TPSA) is 69.6 Å². The van der Waals surface area contributed by atoms with Gasteiger partial charge in [0.05, 0.1) is 17.5 Å². The van der Waals surface area contributed by atoms with Crippen molar-refractivity contribution in [2.75, 3.05) is 0 Å². The van der Waals surface area contributed by atoms with Crippen molar-refractivity contribution >= 4 is 33.8 Å². The zero-order valence-corrected chi connectivity index (χ0v) is 16.1. The Kier molecular flexibility index (Phi) is 4.29. The summed E-state index contributed by atoms with van der Waals surface area (Å²) in [5.74, 6) is 1.95. The van der Waals surface area contributed by atoms with E-state index < -0.39 is 0 Å². The molecule has 138 valence electrons. The molecule has 5 rings (SSSR count). The lowest BCUT2D eigenvalue weighted by atomic mass is 10.2. The Labute approximate surface area is 165 Å². The molecule has 0 saturated carbocycles. The molecule has 0 bridgehead atoms. The number of fused-ring (bicyclic) bond motifs is 3. The molecule has 0 radical (unpaired) electrons. The fourth-order valence-electron chi connectivity index (χ4n) is 3.31. The molecule has 0 saturated heterocycles. The number of thioether (sulfide) groups is 1.